The highest BCUT2D eigenvalue weighted by Crippen LogP contribution is 2.23. The number of thiophene rings is 1. The maximum Gasteiger partial charge on any atom is 0.245 e. The highest BCUT2D eigenvalue weighted by atomic mass is 32.1. The Labute approximate surface area is 117 Å². The molecule has 0 aromatic carbocycles. The molecular formula is C14H18N2O2S. The molecule has 2 aliphatic heterocycles. The Balaban J connectivity index is 1.67. The van der Waals surface area contributed by atoms with Gasteiger partial charge in [-0.05, 0) is 30.7 Å². The molecule has 2 amide bonds. The van der Waals surface area contributed by atoms with Gasteiger partial charge in [0.2, 0.25) is 11.8 Å². The third kappa shape index (κ3) is 2.52. The predicted octanol–water partition coefficient (Wildman–Crippen LogP) is 1.51. The fraction of sp³-hybridized carbons (Fsp3) is 0.571. The molecule has 0 N–H and O–H groups in total. The lowest BCUT2D eigenvalue weighted by molar-refractivity contribution is -0.139. The summed E-state index contributed by atoms with van der Waals surface area (Å²) in [5, 5.41) is 2.06. The van der Waals surface area contributed by atoms with E-state index in [1.54, 1.807) is 16.2 Å². The van der Waals surface area contributed by atoms with Gasteiger partial charge in [0.1, 0.15) is 6.04 Å². The standard InChI is InChI=1S/C14H18N2O2S/c17-13-6-9-15(8-5-11-3-2-10-19-11)14(18)12-4-1-7-16(12)13/h2-3,10,12H,1,4-9H2. The molecule has 5 heteroatoms. The topological polar surface area (TPSA) is 40.6 Å². The summed E-state index contributed by atoms with van der Waals surface area (Å²) in [4.78, 5) is 29.4. The number of amides is 2. The number of carbonyl (C=O) groups is 2. The Morgan fingerprint density at radius 3 is 3.00 bits per heavy atom. The third-order valence-corrected chi connectivity index (χ3v) is 4.91. The second-order valence-corrected chi connectivity index (χ2v) is 6.18. The van der Waals surface area contributed by atoms with Gasteiger partial charge in [0.05, 0.1) is 0 Å². The van der Waals surface area contributed by atoms with E-state index in [4.69, 9.17) is 0 Å². The van der Waals surface area contributed by atoms with Crippen molar-refractivity contribution in [1.29, 1.82) is 0 Å². The zero-order chi connectivity index (χ0) is 13.2. The molecule has 0 bridgehead atoms. The molecule has 0 aliphatic carbocycles. The van der Waals surface area contributed by atoms with Crippen molar-refractivity contribution >= 4 is 23.2 Å². The van der Waals surface area contributed by atoms with E-state index in [1.165, 1.54) is 4.88 Å². The number of rotatable bonds is 3. The van der Waals surface area contributed by atoms with Crippen LogP contribution in [0, 0.1) is 0 Å². The van der Waals surface area contributed by atoms with Gasteiger partial charge in [0.15, 0.2) is 0 Å². The van der Waals surface area contributed by atoms with Crippen molar-refractivity contribution in [2.24, 2.45) is 0 Å². The summed E-state index contributed by atoms with van der Waals surface area (Å²) in [7, 11) is 0. The van der Waals surface area contributed by atoms with Crippen LogP contribution in [0.25, 0.3) is 0 Å². The van der Waals surface area contributed by atoms with Crippen LogP contribution >= 0.6 is 11.3 Å². The molecule has 0 saturated carbocycles. The number of fused-ring (bicyclic) bond motifs is 1. The molecule has 2 fully saturated rings. The van der Waals surface area contributed by atoms with Crippen LogP contribution in [0.1, 0.15) is 24.1 Å². The van der Waals surface area contributed by atoms with Crippen molar-refractivity contribution in [2.45, 2.75) is 31.7 Å². The quantitative estimate of drug-likeness (QED) is 0.841. The minimum absolute atomic E-state index is 0.148. The van der Waals surface area contributed by atoms with Gasteiger partial charge < -0.3 is 9.80 Å². The maximum atomic E-state index is 12.5. The van der Waals surface area contributed by atoms with Gasteiger partial charge in [-0.1, -0.05) is 6.07 Å². The molecule has 102 valence electrons. The SMILES string of the molecule is O=C1C2CCCN2C(=O)CCN1CCc1cccs1. The van der Waals surface area contributed by atoms with Crippen LogP contribution in [0.5, 0.6) is 0 Å². The molecular weight excluding hydrogens is 260 g/mol. The van der Waals surface area contributed by atoms with E-state index in [0.717, 1.165) is 32.4 Å². The lowest BCUT2D eigenvalue weighted by Crippen LogP contribution is -2.44. The fourth-order valence-corrected chi connectivity index (χ4v) is 3.64. The number of hydrogen-bond acceptors (Lipinski definition) is 3. The van der Waals surface area contributed by atoms with Crippen molar-refractivity contribution in [1.82, 2.24) is 9.80 Å². The van der Waals surface area contributed by atoms with E-state index in [-0.39, 0.29) is 17.9 Å². The molecule has 2 saturated heterocycles. The number of hydrogen-bond donors (Lipinski definition) is 0. The molecule has 1 atom stereocenters. The van der Waals surface area contributed by atoms with Crippen LogP contribution in [-0.4, -0.2) is 47.3 Å². The van der Waals surface area contributed by atoms with Crippen molar-refractivity contribution in [3.8, 4) is 0 Å². The Hall–Kier alpha value is -1.36. The smallest absolute Gasteiger partial charge is 0.245 e. The van der Waals surface area contributed by atoms with Crippen molar-refractivity contribution in [3.63, 3.8) is 0 Å². The summed E-state index contributed by atoms with van der Waals surface area (Å²) in [5.74, 6) is 0.300. The van der Waals surface area contributed by atoms with Crippen LogP contribution in [0.15, 0.2) is 17.5 Å². The van der Waals surface area contributed by atoms with Crippen LogP contribution in [-0.2, 0) is 16.0 Å². The molecule has 1 unspecified atom stereocenters. The molecule has 3 rings (SSSR count). The second-order valence-electron chi connectivity index (χ2n) is 5.15. The molecule has 3 heterocycles. The molecule has 1 aromatic rings. The zero-order valence-corrected chi connectivity index (χ0v) is 11.7. The van der Waals surface area contributed by atoms with Gasteiger partial charge in [-0.15, -0.1) is 11.3 Å². The molecule has 4 nitrogen and oxygen atoms in total. The van der Waals surface area contributed by atoms with E-state index < -0.39 is 0 Å². The lowest BCUT2D eigenvalue weighted by atomic mass is 10.2. The molecule has 0 radical (unpaired) electrons. The largest absolute Gasteiger partial charge is 0.340 e. The Morgan fingerprint density at radius 2 is 2.21 bits per heavy atom. The first kappa shape index (κ1) is 12.7. The first-order chi connectivity index (χ1) is 9.25. The zero-order valence-electron chi connectivity index (χ0n) is 10.9. The maximum absolute atomic E-state index is 12.5. The average molecular weight is 278 g/mol. The van der Waals surface area contributed by atoms with E-state index >= 15 is 0 Å². The summed E-state index contributed by atoms with van der Waals surface area (Å²) < 4.78 is 0. The van der Waals surface area contributed by atoms with Gasteiger partial charge in [-0.2, -0.15) is 0 Å². The van der Waals surface area contributed by atoms with Crippen LogP contribution < -0.4 is 0 Å². The van der Waals surface area contributed by atoms with E-state index in [9.17, 15) is 9.59 Å². The van der Waals surface area contributed by atoms with Crippen LogP contribution in [0.2, 0.25) is 0 Å². The molecule has 2 aliphatic rings. The van der Waals surface area contributed by atoms with Gasteiger partial charge in [-0.25, -0.2) is 0 Å². The normalized spacial score (nSPS) is 23.7. The van der Waals surface area contributed by atoms with E-state index in [0.29, 0.717) is 13.0 Å². The first-order valence-corrected chi connectivity index (χ1v) is 7.74. The summed E-state index contributed by atoms with van der Waals surface area (Å²) in [5.41, 5.74) is 0. The summed E-state index contributed by atoms with van der Waals surface area (Å²) in [6.07, 6.45) is 3.16. The highest BCUT2D eigenvalue weighted by Gasteiger charge is 2.38. The van der Waals surface area contributed by atoms with E-state index in [2.05, 4.69) is 11.4 Å². The number of carbonyl (C=O) groups excluding carboxylic acids is 2. The Morgan fingerprint density at radius 1 is 1.32 bits per heavy atom. The number of nitrogens with zero attached hydrogens (tertiary/aromatic N) is 2. The molecule has 19 heavy (non-hydrogen) atoms. The van der Waals surface area contributed by atoms with Crippen molar-refractivity contribution < 1.29 is 9.59 Å². The monoisotopic (exact) mass is 278 g/mol. The minimum Gasteiger partial charge on any atom is -0.340 e. The van der Waals surface area contributed by atoms with Crippen LogP contribution in [0.3, 0.4) is 0 Å². The van der Waals surface area contributed by atoms with Gasteiger partial charge >= 0.3 is 0 Å². The van der Waals surface area contributed by atoms with Gasteiger partial charge in [-0.3, -0.25) is 9.59 Å². The van der Waals surface area contributed by atoms with Crippen LogP contribution in [0.4, 0.5) is 0 Å². The van der Waals surface area contributed by atoms with Crippen molar-refractivity contribution in [2.75, 3.05) is 19.6 Å². The second kappa shape index (κ2) is 5.33. The third-order valence-electron chi connectivity index (χ3n) is 3.97. The molecule has 1 aromatic heterocycles. The Kier molecular flexibility index (Phi) is 3.55. The molecule has 0 spiro atoms. The van der Waals surface area contributed by atoms with E-state index in [1.807, 2.05) is 11.0 Å². The van der Waals surface area contributed by atoms with Gasteiger partial charge in [0, 0.05) is 30.9 Å². The minimum atomic E-state index is -0.182. The fourth-order valence-electron chi connectivity index (χ4n) is 2.94. The summed E-state index contributed by atoms with van der Waals surface area (Å²) in [6, 6.07) is 3.95. The first-order valence-electron chi connectivity index (χ1n) is 6.86. The average Bonchev–Trinajstić information content (AvgIpc) is 3.07. The predicted molar refractivity (Wildman–Crippen MR) is 74.0 cm³/mol. The Bertz CT molecular complexity index is 472. The summed E-state index contributed by atoms with van der Waals surface area (Å²) in [6.45, 7) is 2.07. The lowest BCUT2D eigenvalue weighted by Gasteiger charge is -2.25. The van der Waals surface area contributed by atoms with Crippen molar-refractivity contribution in [3.05, 3.63) is 22.4 Å². The highest BCUT2D eigenvalue weighted by molar-refractivity contribution is 7.09. The summed E-state index contributed by atoms with van der Waals surface area (Å²) >= 11 is 1.72. The van der Waals surface area contributed by atoms with Gasteiger partial charge in [0.25, 0.3) is 0 Å².